The Hall–Kier alpha value is -2.38. The predicted molar refractivity (Wildman–Crippen MR) is 111 cm³/mol. The molecule has 0 saturated heterocycles. The number of halogens is 2. The molecular weight excluding hydrogens is 399 g/mol. The van der Waals surface area contributed by atoms with Crippen LogP contribution in [0, 0.1) is 12.7 Å². The van der Waals surface area contributed by atoms with Crippen LogP contribution in [0.15, 0.2) is 46.3 Å². The summed E-state index contributed by atoms with van der Waals surface area (Å²) in [6, 6.07) is 10.2. The van der Waals surface area contributed by atoms with Gasteiger partial charge in [-0.1, -0.05) is 48.0 Å². The quantitative estimate of drug-likeness (QED) is 0.436. The van der Waals surface area contributed by atoms with Crippen molar-refractivity contribution in [3.8, 4) is 0 Å². The molecule has 0 N–H and O–H groups in total. The second-order valence-electron chi connectivity index (χ2n) is 6.62. The van der Waals surface area contributed by atoms with E-state index in [1.807, 2.05) is 36.4 Å². The molecule has 0 amide bonds. The first-order valence-electron chi connectivity index (χ1n) is 8.94. The lowest BCUT2D eigenvalue weighted by Gasteiger charge is -2.11. The molecular formula is C20H18ClFN4OS. The summed E-state index contributed by atoms with van der Waals surface area (Å²) in [6.45, 7) is 4.55. The highest BCUT2D eigenvalue weighted by Gasteiger charge is 2.17. The van der Waals surface area contributed by atoms with E-state index in [-0.39, 0.29) is 11.4 Å². The molecule has 5 nitrogen and oxygen atoms in total. The number of hydrogen-bond acceptors (Lipinski definition) is 4. The van der Waals surface area contributed by atoms with Crippen molar-refractivity contribution in [2.45, 2.75) is 37.7 Å². The lowest BCUT2D eigenvalue weighted by atomic mass is 10.1. The van der Waals surface area contributed by atoms with E-state index in [4.69, 9.17) is 11.6 Å². The van der Waals surface area contributed by atoms with E-state index in [0.29, 0.717) is 33.6 Å². The molecule has 0 aliphatic heterocycles. The molecule has 2 aromatic heterocycles. The fourth-order valence-corrected chi connectivity index (χ4v) is 4.46. The zero-order chi connectivity index (χ0) is 19.8. The number of fused-ring (bicyclic) bond motifs is 3. The highest BCUT2D eigenvalue weighted by atomic mass is 35.5. The fourth-order valence-electron chi connectivity index (χ4n) is 3.20. The Balaban J connectivity index is 1.85. The second-order valence-corrected chi connectivity index (χ2v) is 7.97. The van der Waals surface area contributed by atoms with Crippen LogP contribution < -0.4 is 5.56 Å². The summed E-state index contributed by atoms with van der Waals surface area (Å²) < 4.78 is 16.9. The van der Waals surface area contributed by atoms with Gasteiger partial charge in [-0.25, -0.2) is 4.39 Å². The zero-order valence-electron chi connectivity index (χ0n) is 15.4. The summed E-state index contributed by atoms with van der Waals surface area (Å²) in [5, 5.41) is 10.3. The zero-order valence-corrected chi connectivity index (χ0v) is 17.0. The molecule has 0 aliphatic carbocycles. The molecule has 0 atom stereocenters. The molecule has 2 aromatic carbocycles. The van der Waals surface area contributed by atoms with Gasteiger partial charge in [0.05, 0.1) is 10.9 Å². The van der Waals surface area contributed by atoms with Crippen LogP contribution in [0.4, 0.5) is 4.39 Å². The van der Waals surface area contributed by atoms with Gasteiger partial charge in [0, 0.05) is 17.3 Å². The summed E-state index contributed by atoms with van der Waals surface area (Å²) >= 11 is 7.59. The van der Waals surface area contributed by atoms with Crippen LogP contribution in [0.3, 0.4) is 0 Å². The van der Waals surface area contributed by atoms with E-state index in [9.17, 15) is 9.18 Å². The molecule has 0 bridgehead atoms. The van der Waals surface area contributed by atoms with Gasteiger partial charge in [-0.15, -0.1) is 10.2 Å². The molecule has 28 heavy (non-hydrogen) atoms. The number of nitrogens with zero attached hydrogens (tertiary/aromatic N) is 4. The highest BCUT2D eigenvalue weighted by molar-refractivity contribution is 7.98. The first kappa shape index (κ1) is 19.0. The third kappa shape index (κ3) is 3.29. The summed E-state index contributed by atoms with van der Waals surface area (Å²) in [6.07, 6.45) is 0.813. The number of thioether (sulfide) groups is 1. The largest absolute Gasteiger partial charge is 0.276 e. The normalized spacial score (nSPS) is 11.6. The van der Waals surface area contributed by atoms with Gasteiger partial charge >= 0.3 is 0 Å². The molecule has 4 aromatic rings. The summed E-state index contributed by atoms with van der Waals surface area (Å²) in [5.74, 6) is 0.674. The van der Waals surface area contributed by atoms with E-state index in [1.165, 1.54) is 23.9 Å². The Bertz CT molecular complexity index is 1250. The molecule has 2 heterocycles. The Kier molecular flexibility index (Phi) is 5.12. The molecule has 0 spiro atoms. The minimum Gasteiger partial charge on any atom is -0.276 e. The van der Waals surface area contributed by atoms with Crippen LogP contribution in [0.5, 0.6) is 0 Å². The van der Waals surface area contributed by atoms with Crippen molar-refractivity contribution in [1.82, 2.24) is 19.2 Å². The van der Waals surface area contributed by atoms with Crippen LogP contribution in [0.2, 0.25) is 5.02 Å². The molecule has 8 heteroatoms. The average molecular weight is 417 g/mol. The Morgan fingerprint density at radius 1 is 1.18 bits per heavy atom. The Morgan fingerprint density at radius 2 is 2.00 bits per heavy atom. The van der Waals surface area contributed by atoms with Crippen molar-refractivity contribution in [2.75, 3.05) is 0 Å². The van der Waals surface area contributed by atoms with Crippen LogP contribution in [-0.2, 0) is 12.3 Å². The number of aromatic nitrogens is 4. The molecule has 0 saturated carbocycles. The van der Waals surface area contributed by atoms with Crippen molar-refractivity contribution >= 4 is 40.0 Å². The molecule has 4 rings (SSSR count). The maximum absolute atomic E-state index is 13.3. The van der Waals surface area contributed by atoms with Gasteiger partial charge in [-0.3, -0.25) is 13.8 Å². The van der Waals surface area contributed by atoms with Crippen LogP contribution >= 0.6 is 23.4 Å². The van der Waals surface area contributed by atoms with Gasteiger partial charge in [-0.05, 0) is 43.2 Å². The van der Waals surface area contributed by atoms with Gasteiger partial charge < -0.3 is 0 Å². The van der Waals surface area contributed by atoms with E-state index >= 15 is 0 Å². The van der Waals surface area contributed by atoms with Gasteiger partial charge in [0.15, 0.2) is 5.16 Å². The van der Waals surface area contributed by atoms with Crippen LogP contribution in [-0.4, -0.2) is 19.2 Å². The third-order valence-corrected chi connectivity index (χ3v) is 5.87. The van der Waals surface area contributed by atoms with Gasteiger partial charge in [-0.2, -0.15) is 0 Å². The predicted octanol–water partition coefficient (Wildman–Crippen LogP) is 4.85. The number of rotatable bonds is 5. The van der Waals surface area contributed by atoms with E-state index < -0.39 is 0 Å². The van der Waals surface area contributed by atoms with Crippen molar-refractivity contribution in [2.24, 2.45) is 0 Å². The maximum atomic E-state index is 13.3. The second kappa shape index (κ2) is 7.56. The summed E-state index contributed by atoms with van der Waals surface area (Å²) in [7, 11) is 0. The van der Waals surface area contributed by atoms with Crippen LogP contribution in [0.1, 0.15) is 24.5 Å². The van der Waals surface area contributed by atoms with Gasteiger partial charge in [0.2, 0.25) is 5.78 Å². The number of benzene rings is 2. The van der Waals surface area contributed by atoms with E-state index in [1.54, 1.807) is 10.6 Å². The van der Waals surface area contributed by atoms with E-state index in [0.717, 1.165) is 23.1 Å². The standard InChI is InChI=1S/C20H18ClFN4OS/c1-3-8-25-18(27)15-9-12(2)4-7-17(15)26-19(25)23-24-20(26)28-11-13-5-6-14(22)10-16(13)21/h4-7,9-10H,3,8,11H2,1-2H3. The molecule has 0 fully saturated rings. The highest BCUT2D eigenvalue weighted by Crippen LogP contribution is 2.28. The molecule has 0 aliphatic rings. The van der Waals surface area contributed by atoms with E-state index in [2.05, 4.69) is 10.2 Å². The van der Waals surface area contributed by atoms with Crippen LogP contribution in [0.25, 0.3) is 16.7 Å². The minimum absolute atomic E-state index is 0.0569. The first-order chi connectivity index (χ1) is 13.5. The Morgan fingerprint density at radius 3 is 2.75 bits per heavy atom. The minimum atomic E-state index is -0.364. The molecule has 0 radical (unpaired) electrons. The van der Waals surface area contributed by atoms with Gasteiger partial charge in [0.1, 0.15) is 5.82 Å². The van der Waals surface area contributed by atoms with Crippen molar-refractivity contribution in [3.05, 3.63) is 68.7 Å². The summed E-state index contributed by atoms with van der Waals surface area (Å²) in [4.78, 5) is 13.0. The van der Waals surface area contributed by atoms with Crippen molar-refractivity contribution in [3.63, 3.8) is 0 Å². The molecule has 0 unspecified atom stereocenters. The average Bonchev–Trinajstić information content (AvgIpc) is 3.08. The van der Waals surface area contributed by atoms with Crippen molar-refractivity contribution < 1.29 is 4.39 Å². The third-order valence-electron chi connectivity index (χ3n) is 4.55. The fraction of sp³-hybridized carbons (Fsp3) is 0.250. The topological polar surface area (TPSA) is 52.2 Å². The van der Waals surface area contributed by atoms with Crippen molar-refractivity contribution in [1.29, 1.82) is 0 Å². The number of aryl methyl sites for hydroxylation is 2. The molecule has 144 valence electrons. The smallest absolute Gasteiger partial charge is 0.262 e. The maximum Gasteiger partial charge on any atom is 0.262 e. The lowest BCUT2D eigenvalue weighted by molar-refractivity contribution is 0.627. The lowest BCUT2D eigenvalue weighted by Crippen LogP contribution is -2.23. The SMILES string of the molecule is CCCn1c(=O)c2cc(C)ccc2n2c(SCc3ccc(F)cc3Cl)nnc12. The monoisotopic (exact) mass is 416 g/mol. The first-order valence-corrected chi connectivity index (χ1v) is 10.3. The number of hydrogen-bond donors (Lipinski definition) is 0. The van der Waals surface area contributed by atoms with Gasteiger partial charge in [0.25, 0.3) is 5.56 Å². The Labute approximate surface area is 170 Å². The summed E-state index contributed by atoms with van der Waals surface area (Å²) in [5.41, 5.74) is 2.55.